The maximum Gasteiger partial charge on any atom is 0.252 e. The molecule has 4 heteroatoms. The minimum Gasteiger partial charge on any atom is -0.496 e. The Labute approximate surface area is 75.3 Å². The van der Waals surface area contributed by atoms with Gasteiger partial charge in [-0.05, 0) is 18.6 Å². The lowest BCUT2D eigenvalue weighted by Crippen LogP contribution is -2.14. The van der Waals surface area contributed by atoms with Crippen LogP contribution in [0.4, 0.5) is 4.39 Å². The van der Waals surface area contributed by atoms with Crippen LogP contribution in [-0.2, 0) is 0 Å². The molecule has 70 valence electrons. The van der Waals surface area contributed by atoms with E-state index in [1.807, 2.05) is 0 Å². The Balaban J connectivity index is 3.38. The molecule has 2 N–H and O–H groups in total. The number of benzene rings is 1. The van der Waals surface area contributed by atoms with Gasteiger partial charge in [0.15, 0.2) is 0 Å². The minimum atomic E-state index is -0.616. The maximum absolute atomic E-state index is 12.8. The standard InChI is InChI=1S/C9H10FNO2/c1-5-3-6(10)4-7(13-2)8(5)9(11)12/h3-4H,1-2H3,(H2,11,12). The smallest absolute Gasteiger partial charge is 0.252 e. The number of carbonyl (C=O) groups is 1. The van der Waals surface area contributed by atoms with Crippen molar-refractivity contribution in [2.75, 3.05) is 7.11 Å². The first kappa shape index (κ1) is 9.51. The second kappa shape index (κ2) is 3.43. The van der Waals surface area contributed by atoms with Crippen molar-refractivity contribution in [1.29, 1.82) is 0 Å². The first-order valence-corrected chi connectivity index (χ1v) is 3.70. The molecular weight excluding hydrogens is 173 g/mol. The van der Waals surface area contributed by atoms with Crippen molar-refractivity contribution in [2.24, 2.45) is 5.73 Å². The monoisotopic (exact) mass is 183 g/mol. The summed E-state index contributed by atoms with van der Waals surface area (Å²) in [6, 6.07) is 2.37. The second-order valence-corrected chi connectivity index (χ2v) is 2.66. The number of primary amides is 1. The van der Waals surface area contributed by atoms with Gasteiger partial charge in [0.25, 0.3) is 5.91 Å². The number of rotatable bonds is 2. The van der Waals surface area contributed by atoms with Crippen LogP contribution in [0.25, 0.3) is 0 Å². The molecule has 1 rings (SSSR count). The summed E-state index contributed by atoms with van der Waals surface area (Å²) >= 11 is 0. The lowest BCUT2D eigenvalue weighted by Gasteiger charge is -2.08. The predicted molar refractivity (Wildman–Crippen MR) is 46.2 cm³/mol. The Bertz CT molecular complexity index is 350. The fourth-order valence-corrected chi connectivity index (χ4v) is 1.19. The first-order valence-electron chi connectivity index (χ1n) is 3.70. The molecule has 0 spiro atoms. The number of methoxy groups -OCH3 is 1. The summed E-state index contributed by atoms with van der Waals surface area (Å²) in [7, 11) is 1.36. The van der Waals surface area contributed by atoms with Gasteiger partial charge in [-0.15, -0.1) is 0 Å². The van der Waals surface area contributed by atoms with Crippen molar-refractivity contribution in [2.45, 2.75) is 6.92 Å². The fraction of sp³-hybridized carbons (Fsp3) is 0.222. The molecular formula is C9H10FNO2. The Morgan fingerprint density at radius 2 is 2.15 bits per heavy atom. The van der Waals surface area contributed by atoms with E-state index in [-0.39, 0.29) is 11.3 Å². The van der Waals surface area contributed by atoms with Crippen molar-refractivity contribution in [1.82, 2.24) is 0 Å². The van der Waals surface area contributed by atoms with Crippen LogP contribution in [0.1, 0.15) is 15.9 Å². The molecule has 0 bridgehead atoms. The maximum atomic E-state index is 12.8. The van der Waals surface area contributed by atoms with Crippen molar-refractivity contribution < 1.29 is 13.9 Å². The molecule has 0 aliphatic rings. The molecule has 0 saturated heterocycles. The lowest BCUT2D eigenvalue weighted by atomic mass is 10.1. The van der Waals surface area contributed by atoms with Crippen LogP contribution < -0.4 is 10.5 Å². The van der Waals surface area contributed by atoms with Crippen LogP contribution >= 0.6 is 0 Å². The van der Waals surface area contributed by atoms with E-state index in [1.54, 1.807) is 6.92 Å². The lowest BCUT2D eigenvalue weighted by molar-refractivity contribution is 0.0996. The molecule has 0 unspecified atom stereocenters. The van der Waals surface area contributed by atoms with E-state index in [0.29, 0.717) is 5.56 Å². The highest BCUT2D eigenvalue weighted by molar-refractivity contribution is 5.97. The Morgan fingerprint density at radius 3 is 2.62 bits per heavy atom. The highest BCUT2D eigenvalue weighted by Crippen LogP contribution is 2.22. The molecule has 0 aliphatic carbocycles. The number of aryl methyl sites for hydroxylation is 1. The molecule has 0 aliphatic heterocycles. The summed E-state index contributed by atoms with van der Waals surface area (Å²) < 4.78 is 17.7. The summed E-state index contributed by atoms with van der Waals surface area (Å²) in [5, 5.41) is 0. The van der Waals surface area contributed by atoms with Crippen LogP contribution in [0, 0.1) is 12.7 Å². The molecule has 0 radical (unpaired) electrons. The normalized spacial score (nSPS) is 9.77. The van der Waals surface area contributed by atoms with E-state index < -0.39 is 11.7 Å². The number of halogens is 1. The molecule has 0 heterocycles. The van der Waals surface area contributed by atoms with Gasteiger partial charge in [0.05, 0.1) is 12.7 Å². The number of nitrogens with two attached hydrogens (primary N) is 1. The molecule has 0 aromatic heterocycles. The largest absolute Gasteiger partial charge is 0.496 e. The van der Waals surface area contributed by atoms with Crippen LogP contribution in [-0.4, -0.2) is 13.0 Å². The van der Waals surface area contributed by atoms with E-state index in [9.17, 15) is 9.18 Å². The van der Waals surface area contributed by atoms with Gasteiger partial charge in [-0.25, -0.2) is 4.39 Å². The number of carbonyl (C=O) groups excluding carboxylic acids is 1. The Kier molecular flexibility index (Phi) is 2.51. The van der Waals surface area contributed by atoms with Crippen LogP contribution in [0.2, 0.25) is 0 Å². The summed E-state index contributed by atoms with van der Waals surface area (Å²) in [6.45, 7) is 1.60. The molecule has 1 amide bonds. The molecule has 1 aromatic rings. The molecule has 0 saturated carbocycles. The van der Waals surface area contributed by atoms with E-state index in [2.05, 4.69) is 0 Å². The number of hydrogen-bond donors (Lipinski definition) is 1. The Morgan fingerprint density at radius 1 is 1.54 bits per heavy atom. The highest BCUT2D eigenvalue weighted by atomic mass is 19.1. The molecule has 1 aromatic carbocycles. The van der Waals surface area contributed by atoms with Gasteiger partial charge in [0.2, 0.25) is 0 Å². The van der Waals surface area contributed by atoms with Crippen molar-refractivity contribution >= 4 is 5.91 Å². The van der Waals surface area contributed by atoms with Gasteiger partial charge in [0.1, 0.15) is 11.6 Å². The van der Waals surface area contributed by atoms with Crippen molar-refractivity contribution in [3.63, 3.8) is 0 Å². The molecule has 0 fully saturated rings. The SMILES string of the molecule is COc1cc(F)cc(C)c1C(N)=O. The van der Waals surface area contributed by atoms with Gasteiger partial charge >= 0.3 is 0 Å². The predicted octanol–water partition coefficient (Wildman–Crippen LogP) is 1.24. The van der Waals surface area contributed by atoms with Crippen LogP contribution in [0.3, 0.4) is 0 Å². The number of amides is 1. The van der Waals surface area contributed by atoms with Crippen molar-refractivity contribution in [3.8, 4) is 5.75 Å². The average Bonchev–Trinajstić information content (AvgIpc) is 2.01. The van der Waals surface area contributed by atoms with Crippen LogP contribution in [0.5, 0.6) is 5.75 Å². The highest BCUT2D eigenvalue weighted by Gasteiger charge is 2.13. The molecule has 3 nitrogen and oxygen atoms in total. The van der Waals surface area contributed by atoms with Gasteiger partial charge in [0, 0.05) is 6.07 Å². The van der Waals surface area contributed by atoms with E-state index >= 15 is 0 Å². The third kappa shape index (κ3) is 1.77. The number of ether oxygens (including phenoxy) is 1. The minimum absolute atomic E-state index is 0.171. The fourth-order valence-electron chi connectivity index (χ4n) is 1.19. The topological polar surface area (TPSA) is 52.3 Å². The first-order chi connectivity index (χ1) is 6.06. The van der Waals surface area contributed by atoms with Crippen LogP contribution in [0.15, 0.2) is 12.1 Å². The third-order valence-electron chi connectivity index (χ3n) is 1.73. The van der Waals surface area contributed by atoms with Gasteiger partial charge in [-0.2, -0.15) is 0 Å². The van der Waals surface area contributed by atoms with E-state index in [4.69, 9.17) is 10.5 Å². The summed E-state index contributed by atoms with van der Waals surface area (Å²) in [6.07, 6.45) is 0. The third-order valence-corrected chi connectivity index (χ3v) is 1.73. The summed E-state index contributed by atoms with van der Waals surface area (Å²) in [5.74, 6) is -0.890. The summed E-state index contributed by atoms with van der Waals surface area (Å²) in [5.41, 5.74) is 5.80. The zero-order valence-electron chi connectivity index (χ0n) is 7.43. The average molecular weight is 183 g/mol. The summed E-state index contributed by atoms with van der Waals surface area (Å²) in [4.78, 5) is 10.9. The quantitative estimate of drug-likeness (QED) is 0.750. The number of hydrogen-bond acceptors (Lipinski definition) is 2. The van der Waals surface area contributed by atoms with E-state index in [1.165, 1.54) is 13.2 Å². The molecule has 0 atom stereocenters. The second-order valence-electron chi connectivity index (χ2n) is 2.66. The Hall–Kier alpha value is -1.58. The van der Waals surface area contributed by atoms with Gasteiger partial charge < -0.3 is 10.5 Å². The van der Waals surface area contributed by atoms with Gasteiger partial charge in [-0.3, -0.25) is 4.79 Å². The van der Waals surface area contributed by atoms with Crippen molar-refractivity contribution in [3.05, 3.63) is 29.1 Å². The van der Waals surface area contributed by atoms with Gasteiger partial charge in [-0.1, -0.05) is 0 Å². The zero-order valence-corrected chi connectivity index (χ0v) is 7.43. The van der Waals surface area contributed by atoms with E-state index in [0.717, 1.165) is 6.07 Å². The molecule has 13 heavy (non-hydrogen) atoms. The zero-order chi connectivity index (χ0) is 10.0.